The number of hydrogen-bond acceptors (Lipinski definition) is 5. The molecule has 0 radical (unpaired) electrons. The Morgan fingerprint density at radius 3 is 2.27 bits per heavy atom. The van der Waals surface area contributed by atoms with E-state index in [4.69, 9.17) is 0 Å². The number of nitrogens with zero attached hydrogens (tertiary/aromatic N) is 2. The number of nitrogens with one attached hydrogen (secondary N) is 1. The normalized spacial score (nSPS) is 15.2. The van der Waals surface area contributed by atoms with Gasteiger partial charge in [0.2, 0.25) is 0 Å². The third kappa shape index (κ3) is 4.68. The van der Waals surface area contributed by atoms with Crippen LogP contribution in [0.3, 0.4) is 0 Å². The van der Waals surface area contributed by atoms with Crippen LogP contribution in [0.25, 0.3) is 0 Å². The molecule has 26 heavy (non-hydrogen) atoms. The first-order valence-corrected chi connectivity index (χ1v) is 11.1. The molecule has 1 aromatic carbocycles. The smallest absolute Gasteiger partial charge is 0.282 e. The Kier molecular flexibility index (Phi) is 6.22. The zero-order valence-electron chi connectivity index (χ0n) is 16.1. The SMILES string of the molecule is Cc1ccc(S(=O)(=O)n2cc(C(N[S@+]([O-])C(C)(C)C)C(C)C)cn2)cc1. The van der Waals surface area contributed by atoms with E-state index in [9.17, 15) is 13.0 Å². The summed E-state index contributed by atoms with van der Waals surface area (Å²) in [5.74, 6) is 0.112. The zero-order valence-corrected chi connectivity index (χ0v) is 17.7. The average Bonchev–Trinajstić information content (AvgIpc) is 3.01. The number of rotatable bonds is 6. The van der Waals surface area contributed by atoms with E-state index in [2.05, 4.69) is 9.82 Å². The van der Waals surface area contributed by atoms with Crippen molar-refractivity contribution in [3.8, 4) is 0 Å². The quantitative estimate of drug-likeness (QED) is 0.757. The zero-order chi connectivity index (χ0) is 19.7. The third-order valence-corrected chi connectivity index (χ3v) is 7.10. The van der Waals surface area contributed by atoms with Gasteiger partial charge in [-0.2, -0.15) is 17.6 Å². The highest BCUT2D eigenvalue weighted by molar-refractivity contribution is 7.90. The topological polar surface area (TPSA) is 87.0 Å². The highest BCUT2D eigenvalue weighted by atomic mass is 32.2. The summed E-state index contributed by atoms with van der Waals surface area (Å²) in [5, 5.41) is 4.05. The predicted octanol–water partition coefficient (Wildman–Crippen LogP) is 3.18. The summed E-state index contributed by atoms with van der Waals surface area (Å²) in [6.07, 6.45) is 3.01. The molecule has 8 heteroatoms. The van der Waals surface area contributed by atoms with E-state index in [0.717, 1.165) is 9.65 Å². The largest absolute Gasteiger partial charge is 0.598 e. The van der Waals surface area contributed by atoms with Crippen molar-refractivity contribution < 1.29 is 13.0 Å². The Morgan fingerprint density at radius 2 is 1.77 bits per heavy atom. The lowest BCUT2D eigenvalue weighted by Gasteiger charge is -2.29. The Balaban J connectivity index is 2.32. The number of benzene rings is 1. The molecule has 0 amide bonds. The van der Waals surface area contributed by atoms with Gasteiger partial charge in [0.1, 0.15) is 4.75 Å². The fourth-order valence-electron chi connectivity index (χ4n) is 2.31. The van der Waals surface area contributed by atoms with E-state index < -0.39 is 26.1 Å². The van der Waals surface area contributed by atoms with Gasteiger partial charge >= 0.3 is 0 Å². The molecule has 1 unspecified atom stereocenters. The summed E-state index contributed by atoms with van der Waals surface area (Å²) >= 11 is -1.28. The van der Waals surface area contributed by atoms with Crippen LogP contribution in [0.1, 0.15) is 51.8 Å². The molecular formula is C18H27N3O3S2. The van der Waals surface area contributed by atoms with E-state index in [1.54, 1.807) is 24.3 Å². The van der Waals surface area contributed by atoms with Crippen LogP contribution in [0.5, 0.6) is 0 Å². The predicted molar refractivity (Wildman–Crippen MR) is 105 cm³/mol. The minimum atomic E-state index is -3.75. The van der Waals surface area contributed by atoms with Gasteiger partial charge in [0.05, 0.1) is 17.1 Å². The second-order valence-electron chi connectivity index (χ2n) is 7.68. The van der Waals surface area contributed by atoms with E-state index in [0.29, 0.717) is 5.56 Å². The van der Waals surface area contributed by atoms with Gasteiger partial charge in [-0.25, -0.2) is 0 Å². The lowest BCUT2D eigenvalue weighted by Crippen LogP contribution is -2.42. The van der Waals surface area contributed by atoms with Crippen molar-refractivity contribution in [2.75, 3.05) is 0 Å². The van der Waals surface area contributed by atoms with Gasteiger partial charge in [0.25, 0.3) is 10.0 Å². The van der Waals surface area contributed by atoms with Crippen LogP contribution in [-0.2, 0) is 21.4 Å². The molecule has 6 nitrogen and oxygen atoms in total. The van der Waals surface area contributed by atoms with Crippen molar-refractivity contribution in [3.05, 3.63) is 47.8 Å². The van der Waals surface area contributed by atoms with Crippen molar-refractivity contribution >= 4 is 21.4 Å². The van der Waals surface area contributed by atoms with Crippen molar-refractivity contribution in [1.29, 1.82) is 0 Å². The van der Waals surface area contributed by atoms with Gasteiger partial charge in [0, 0.05) is 23.1 Å². The molecule has 144 valence electrons. The highest BCUT2D eigenvalue weighted by Crippen LogP contribution is 2.26. The minimum absolute atomic E-state index is 0.112. The van der Waals surface area contributed by atoms with Gasteiger partial charge in [-0.05, 0) is 45.7 Å². The molecular weight excluding hydrogens is 370 g/mol. The number of hydrogen-bond donors (Lipinski definition) is 1. The maximum atomic E-state index is 12.8. The minimum Gasteiger partial charge on any atom is -0.598 e. The Hall–Kier alpha value is -1.35. The maximum Gasteiger partial charge on any atom is 0.282 e. The molecule has 0 aliphatic heterocycles. The first-order valence-electron chi connectivity index (χ1n) is 8.48. The number of aryl methyl sites for hydroxylation is 1. The van der Waals surface area contributed by atoms with E-state index in [1.165, 1.54) is 12.4 Å². The summed E-state index contributed by atoms with van der Waals surface area (Å²) < 4.78 is 41.6. The molecule has 1 heterocycles. The lowest BCUT2D eigenvalue weighted by atomic mass is 10.0. The summed E-state index contributed by atoms with van der Waals surface area (Å²) in [4.78, 5) is 0.185. The molecule has 0 saturated heterocycles. The first kappa shape index (κ1) is 21.0. The summed E-state index contributed by atoms with van der Waals surface area (Å²) in [5.41, 5.74) is 1.67. The second-order valence-corrected chi connectivity index (χ2v) is 11.5. The average molecular weight is 398 g/mol. The van der Waals surface area contributed by atoms with Gasteiger partial charge in [-0.3, -0.25) is 0 Å². The molecule has 0 spiro atoms. The molecule has 1 aromatic heterocycles. The van der Waals surface area contributed by atoms with E-state index in [1.807, 2.05) is 41.5 Å². The van der Waals surface area contributed by atoms with Gasteiger partial charge in [-0.15, -0.1) is 4.72 Å². The Labute approximate surface area is 159 Å². The Morgan fingerprint density at radius 1 is 1.19 bits per heavy atom. The van der Waals surface area contributed by atoms with E-state index >= 15 is 0 Å². The van der Waals surface area contributed by atoms with Gasteiger partial charge in [-0.1, -0.05) is 31.5 Å². The lowest BCUT2D eigenvalue weighted by molar-refractivity contribution is 0.452. The van der Waals surface area contributed by atoms with Crippen molar-refractivity contribution in [3.63, 3.8) is 0 Å². The molecule has 0 saturated carbocycles. The molecule has 2 rings (SSSR count). The standard InChI is InChI=1S/C18H27N3O3S2/c1-13(2)17(20-25(22)18(4,5)6)15-11-19-21(12-15)26(23,24)16-9-7-14(3)8-10-16/h7-13,17,20H,1-6H3/t17?,25-/m1/s1. The number of aromatic nitrogens is 2. The first-order chi connectivity index (χ1) is 11.9. The molecule has 0 aliphatic rings. The molecule has 0 fully saturated rings. The summed E-state index contributed by atoms with van der Waals surface area (Å²) in [6, 6.07) is 6.37. The summed E-state index contributed by atoms with van der Waals surface area (Å²) in [6.45, 7) is 11.5. The van der Waals surface area contributed by atoms with Gasteiger partial charge < -0.3 is 4.55 Å². The molecule has 2 aromatic rings. The van der Waals surface area contributed by atoms with Crippen molar-refractivity contribution in [2.24, 2.45) is 5.92 Å². The molecule has 2 atom stereocenters. The molecule has 0 aliphatic carbocycles. The highest BCUT2D eigenvalue weighted by Gasteiger charge is 2.32. The van der Waals surface area contributed by atoms with Crippen LogP contribution in [0.2, 0.25) is 0 Å². The fraction of sp³-hybridized carbons (Fsp3) is 0.500. The van der Waals surface area contributed by atoms with Crippen LogP contribution in [0, 0.1) is 12.8 Å². The second kappa shape index (κ2) is 7.72. The fourth-order valence-corrected chi connectivity index (χ4v) is 4.43. The summed E-state index contributed by atoms with van der Waals surface area (Å²) in [7, 11) is -3.75. The van der Waals surface area contributed by atoms with Crippen LogP contribution >= 0.6 is 0 Å². The molecule has 0 bridgehead atoms. The van der Waals surface area contributed by atoms with Crippen molar-refractivity contribution in [2.45, 2.75) is 57.2 Å². The molecule has 1 N–H and O–H groups in total. The van der Waals surface area contributed by atoms with Crippen LogP contribution in [0.15, 0.2) is 41.6 Å². The van der Waals surface area contributed by atoms with Crippen molar-refractivity contribution in [1.82, 2.24) is 13.9 Å². The van der Waals surface area contributed by atoms with Crippen LogP contribution in [0.4, 0.5) is 0 Å². The van der Waals surface area contributed by atoms with Gasteiger partial charge in [0.15, 0.2) is 0 Å². The van der Waals surface area contributed by atoms with Crippen LogP contribution < -0.4 is 4.72 Å². The van der Waals surface area contributed by atoms with Crippen LogP contribution in [-0.4, -0.2) is 26.9 Å². The van der Waals surface area contributed by atoms with E-state index in [-0.39, 0.29) is 16.9 Å². The third-order valence-electron chi connectivity index (χ3n) is 3.96. The monoisotopic (exact) mass is 397 g/mol. The maximum absolute atomic E-state index is 12.8. The Bertz CT molecular complexity index is 837.